The van der Waals surface area contributed by atoms with Gasteiger partial charge in [0.1, 0.15) is 5.69 Å². The summed E-state index contributed by atoms with van der Waals surface area (Å²) in [6, 6.07) is 4.81. The molecule has 0 unspecified atom stereocenters. The summed E-state index contributed by atoms with van der Waals surface area (Å²) in [5.74, 6) is 0.460. The third-order valence-corrected chi connectivity index (χ3v) is 3.36. The maximum atomic E-state index is 12.6. The number of alkyl halides is 3. The van der Waals surface area contributed by atoms with Gasteiger partial charge in [-0.15, -0.1) is 5.10 Å². The molecule has 0 aliphatic heterocycles. The van der Waals surface area contributed by atoms with Crippen LogP contribution in [0.2, 0.25) is 0 Å². The van der Waals surface area contributed by atoms with Crippen LogP contribution in [-0.2, 0) is 19.3 Å². The maximum Gasteiger partial charge on any atom is 0.416 e. The summed E-state index contributed by atoms with van der Waals surface area (Å²) in [4.78, 5) is 0. The summed E-state index contributed by atoms with van der Waals surface area (Å²) in [6.07, 6.45) is -3.50. The summed E-state index contributed by atoms with van der Waals surface area (Å²) in [7, 11) is 0. The molecule has 2 rings (SSSR count). The Hall–Kier alpha value is -1.89. The highest BCUT2D eigenvalue weighted by molar-refractivity contribution is 5.62. The number of rotatable bonds is 5. The summed E-state index contributed by atoms with van der Waals surface area (Å²) in [6.45, 7) is 4.43. The second-order valence-electron chi connectivity index (χ2n) is 5.52. The first-order valence-corrected chi connectivity index (χ1v) is 7.03. The normalized spacial score (nSPS) is 12.1. The van der Waals surface area contributed by atoms with Gasteiger partial charge in [-0.25, -0.2) is 4.68 Å². The van der Waals surface area contributed by atoms with Crippen LogP contribution in [0.15, 0.2) is 24.3 Å². The molecular formula is C15H18F3N3O. The molecule has 22 heavy (non-hydrogen) atoms. The number of hydrogen-bond donors (Lipinski definition) is 1. The Labute approximate surface area is 126 Å². The number of aryl methyl sites for hydroxylation is 1. The lowest BCUT2D eigenvalue weighted by Crippen LogP contribution is -2.07. The minimum Gasteiger partial charge on any atom is -0.390 e. The van der Waals surface area contributed by atoms with Gasteiger partial charge in [-0.05, 0) is 24.5 Å². The summed E-state index contributed by atoms with van der Waals surface area (Å²) >= 11 is 0. The van der Waals surface area contributed by atoms with Crippen molar-refractivity contribution in [2.24, 2.45) is 5.92 Å². The van der Waals surface area contributed by atoms with Crippen molar-refractivity contribution in [2.45, 2.75) is 39.6 Å². The number of aromatic nitrogens is 3. The molecule has 2 aromatic rings. The van der Waals surface area contributed by atoms with E-state index in [1.165, 1.54) is 12.1 Å². The van der Waals surface area contributed by atoms with Crippen molar-refractivity contribution < 1.29 is 18.3 Å². The van der Waals surface area contributed by atoms with Crippen LogP contribution in [-0.4, -0.2) is 20.1 Å². The molecule has 0 saturated heterocycles. The second kappa shape index (κ2) is 6.48. The topological polar surface area (TPSA) is 50.9 Å². The van der Waals surface area contributed by atoms with Crippen LogP contribution in [0.5, 0.6) is 0 Å². The zero-order valence-corrected chi connectivity index (χ0v) is 12.4. The maximum absolute atomic E-state index is 12.6. The van der Waals surface area contributed by atoms with Gasteiger partial charge in [0, 0.05) is 12.1 Å². The fourth-order valence-electron chi connectivity index (χ4n) is 2.13. The van der Waals surface area contributed by atoms with Crippen LogP contribution in [0.4, 0.5) is 13.2 Å². The van der Waals surface area contributed by atoms with E-state index < -0.39 is 11.7 Å². The van der Waals surface area contributed by atoms with E-state index in [4.69, 9.17) is 0 Å². The predicted octanol–water partition coefficient (Wildman–Crippen LogP) is 3.50. The summed E-state index contributed by atoms with van der Waals surface area (Å²) in [5.41, 5.74) is 0.786. The standard InChI is InChI=1S/C15H18F3N3O/c1-10(2)7-8-21-14(13(9-22)19-20-21)11-3-5-12(6-4-11)15(16,17)18/h3-6,10,22H,7-9H2,1-2H3. The molecular weight excluding hydrogens is 295 g/mol. The SMILES string of the molecule is CC(C)CCn1nnc(CO)c1-c1ccc(C(F)(F)F)cc1. The van der Waals surface area contributed by atoms with Gasteiger partial charge >= 0.3 is 6.18 Å². The van der Waals surface area contributed by atoms with Crippen LogP contribution >= 0.6 is 0 Å². The van der Waals surface area contributed by atoms with Crippen molar-refractivity contribution in [3.63, 3.8) is 0 Å². The van der Waals surface area contributed by atoms with E-state index in [0.717, 1.165) is 18.6 Å². The molecule has 0 spiro atoms. The molecule has 0 aliphatic rings. The average Bonchev–Trinajstić information content (AvgIpc) is 2.87. The lowest BCUT2D eigenvalue weighted by atomic mass is 10.1. The fraction of sp³-hybridized carbons (Fsp3) is 0.467. The monoisotopic (exact) mass is 313 g/mol. The molecule has 7 heteroatoms. The van der Waals surface area contributed by atoms with E-state index >= 15 is 0 Å². The minimum absolute atomic E-state index is 0.308. The van der Waals surface area contributed by atoms with E-state index in [9.17, 15) is 18.3 Å². The Morgan fingerprint density at radius 3 is 2.32 bits per heavy atom. The number of halogens is 3. The van der Waals surface area contributed by atoms with Crippen molar-refractivity contribution >= 4 is 0 Å². The van der Waals surface area contributed by atoms with Crippen molar-refractivity contribution in [1.82, 2.24) is 15.0 Å². The first kappa shape index (κ1) is 16.5. The number of benzene rings is 1. The number of hydrogen-bond acceptors (Lipinski definition) is 3. The van der Waals surface area contributed by atoms with Crippen LogP contribution in [0.3, 0.4) is 0 Å². The van der Waals surface area contributed by atoms with E-state index in [1.54, 1.807) is 4.68 Å². The molecule has 0 atom stereocenters. The first-order chi connectivity index (χ1) is 10.3. The Bertz CT molecular complexity index is 618. The third-order valence-electron chi connectivity index (χ3n) is 3.36. The van der Waals surface area contributed by atoms with E-state index in [2.05, 4.69) is 24.2 Å². The van der Waals surface area contributed by atoms with E-state index in [-0.39, 0.29) is 6.61 Å². The average molecular weight is 313 g/mol. The molecule has 0 saturated carbocycles. The van der Waals surface area contributed by atoms with Crippen molar-refractivity contribution in [2.75, 3.05) is 0 Å². The molecule has 0 amide bonds. The molecule has 1 N–H and O–H groups in total. The number of aliphatic hydroxyl groups excluding tert-OH is 1. The van der Waals surface area contributed by atoms with Crippen LogP contribution in [0.1, 0.15) is 31.5 Å². The highest BCUT2D eigenvalue weighted by Crippen LogP contribution is 2.31. The Morgan fingerprint density at radius 1 is 1.18 bits per heavy atom. The van der Waals surface area contributed by atoms with E-state index in [1.807, 2.05) is 0 Å². The highest BCUT2D eigenvalue weighted by Gasteiger charge is 2.30. The fourth-order valence-corrected chi connectivity index (χ4v) is 2.13. The van der Waals surface area contributed by atoms with Gasteiger partial charge in [0.05, 0.1) is 17.9 Å². The largest absolute Gasteiger partial charge is 0.416 e. The van der Waals surface area contributed by atoms with Gasteiger partial charge in [-0.2, -0.15) is 13.2 Å². The quantitative estimate of drug-likeness (QED) is 0.919. The third kappa shape index (κ3) is 3.65. The number of aliphatic hydroxyl groups is 1. The van der Waals surface area contributed by atoms with Gasteiger partial charge in [0.2, 0.25) is 0 Å². The zero-order valence-electron chi connectivity index (χ0n) is 12.4. The van der Waals surface area contributed by atoms with Gasteiger partial charge in [-0.3, -0.25) is 0 Å². The van der Waals surface area contributed by atoms with Crippen molar-refractivity contribution in [3.8, 4) is 11.3 Å². The van der Waals surface area contributed by atoms with Gasteiger partial charge < -0.3 is 5.11 Å². The molecule has 1 aromatic heterocycles. The van der Waals surface area contributed by atoms with Crippen molar-refractivity contribution in [3.05, 3.63) is 35.5 Å². The van der Waals surface area contributed by atoms with Gasteiger partial charge in [0.15, 0.2) is 0 Å². The highest BCUT2D eigenvalue weighted by atomic mass is 19.4. The predicted molar refractivity (Wildman–Crippen MR) is 75.8 cm³/mol. The lowest BCUT2D eigenvalue weighted by molar-refractivity contribution is -0.137. The Kier molecular flexibility index (Phi) is 4.85. The van der Waals surface area contributed by atoms with E-state index in [0.29, 0.717) is 29.4 Å². The smallest absolute Gasteiger partial charge is 0.390 e. The molecule has 0 radical (unpaired) electrons. The summed E-state index contributed by atoms with van der Waals surface area (Å²) < 4.78 is 39.5. The van der Waals surface area contributed by atoms with Crippen LogP contribution < -0.4 is 0 Å². The molecule has 1 aromatic carbocycles. The number of nitrogens with zero attached hydrogens (tertiary/aromatic N) is 3. The molecule has 4 nitrogen and oxygen atoms in total. The molecule has 0 bridgehead atoms. The molecule has 1 heterocycles. The Balaban J connectivity index is 2.36. The van der Waals surface area contributed by atoms with Crippen LogP contribution in [0.25, 0.3) is 11.3 Å². The van der Waals surface area contributed by atoms with Gasteiger partial charge in [0.25, 0.3) is 0 Å². The molecule has 0 aliphatic carbocycles. The molecule has 0 fully saturated rings. The van der Waals surface area contributed by atoms with Crippen molar-refractivity contribution in [1.29, 1.82) is 0 Å². The van der Waals surface area contributed by atoms with Crippen LogP contribution in [0, 0.1) is 5.92 Å². The molecule has 120 valence electrons. The van der Waals surface area contributed by atoms with Gasteiger partial charge in [-0.1, -0.05) is 31.2 Å². The second-order valence-corrected chi connectivity index (χ2v) is 5.52. The minimum atomic E-state index is -4.37. The summed E-state index contributed by atoms with van der Waals surface area (Å²) in [5, 5.41) is 17.3. The zero-order chi connectivity index (χ0) is 16.3. The Morgan fingerprint density at radius 2 is 1.82 bits per heavy atom. The lowest BCUT2D eigenvalue weighted by Gasteiger charge is -2.11. The first-order valence-electron chi connectivity index (χ1n) is 7.03.